The predicted octanol–water partition coefficient (Wildman–Crippen LogP) is 4.78. The Bertz CT molecular complexity index is 1230. The number of amides is 1. The Morgan fingerprint density at radius 3 is 2.59 bits per heavy atom. The van der Waals surface area contributed by atoms with Crippen LogP contribution in [0.5, 0.6) is 11.5 Å². The van der Waals surface area contributed by atoms with Crippen LogP contribution in [0.2, 0.25) is 5.02 Å². The zero-order valence-electron chi connectivity index (χ0n) is 16.8. The van der Waals surface area contributed by atoms with Crippen LogP contribution in [-0.4, -0.2) is 27.4 Å². The number of nitrogens with zero attached hydrogens (tertiary/aromatic N) is 2. The van der Waals surface area contributed by atoms with E-state index in [0.717, 1.165) is 16.7 Å². The van der Waals surface area contributed by atoms with Crippen molar-refractivity contribution in [2.45, 2.75) is 6.61 Å². The summed E-state index contributed by atoms with van der Waals surface area (Å²) in [5.74, 6) is 0.445. The minimum absolute atomic E-state index is 0.163. The number of carbonyl (C=O) groups is 1. The number of hydrazone groups is 1. The molecule has 160 valence electrons. The lowest BCUT2D eigenvalue weighted by Gasteiger charge is -2.08. The maximum absolute atomic E-state index is 12.3. The van der Waals surface area contributed by atoms with Gasteiger partial charge < -0.3 is 9.84 Å². The third-order valence-corrected chi connectivity index (χ3v) is 4.97. The quantitative estimate of drug-likeness (QED) is 0.281. The van der Waals surface area contributed by atoms with Gasteiger partial charge in [0.15, 0.2) is 0 Å². The zero-order chi connectivity index (χ0) is 22.3. The highest BCUT2D eigenvalue weighted by Crippen LogP contribution is 2.23. The number of nitrogens with one attached hydrogen (secondary N) is 2. The average Bonchev–Trinajstić information content (AvgIpc) is 3.31. The fourth-order valence-corrected chi connectivity index (χ4v) is 3.06. The number of phenols is 1. The standard InChI is InChI=1S/C24H19ClN4O3/c25-21-4-2-1-3-18(21)15-32-20-11-7-17(8-12-20)22-13-23(28-27-22)24(31)29-26-14-16-5-9-19(30)10-6-16/h1-14,30H,15H2,(H,27,28)(H,29,31)/b26-14-. The van der Waals surface area contributed by atoms with Gasteiger partial charge in [-0.3, -0.25) is 9.89 Å². The Balaban J connectivity index is 1.34. The second kappa shape index (κ2) is 9.80. The van der Waals surface area contributed by atoms with Gasteiger partial charge in [0.05, 0.1) is 11.9 Å². The molecular formula is C24H19ClN4O3. The molecule has 0 aliphatic carbocycles. The van der Waals surface area contributed by atoms with Crippen LogP contribution in [0.4, 0.5) is 0 Å². The molecule has 0 saturated heterocycles. The minimum Gasteiger partial charge on any atom is -0.508 e. The second-order valence-electron chi connectivity index (χ2n) is 6.86. The van der Waals surface area contributed by atoms with Gasteiger partial charge in [-0.25, -0.2) is 5.43 Å². The van der Waals surface area contributed by atoms with Gasteiger partial charge in [-0.1, -0.05) is 29.8 Å². The third-order valence-electron chi connectivity index (χ3n) is 4.60. The molecule has 0 radical (unpaired) electrons. The van der Waals surface area contributed by atoms with E-state index in [0.29, 0.717) is 23.1 Å². The van der Waals surface area contributed by atoms with E-state index in [2.05, 4.69) is 20.7 Å². The highest BCUT2D eigenvalue weighted by atomic mass is 35.5. The molecule has 3 aromatic carbocycles. The van der Waals surface area contributed by atoms with Crippen molar-refractivity contribution >= 4 is 23.7 Å². The van der Waals surface area contributed by atoms with Crippen LogP contribution >= 0.6 is 11.6 Å². The third kappa shape index (κ3) is 5.33. The van der Waals surface area contributed by atoms with Crippen LogP contribution in [0.3, 0.4) is 0 Å². The number of phenolic OH excluding ortho intramolecular Hbond substituents is 1. The summed E-state index contributed by atoms with van der Waals surface area (Å²) < 4.78 is 5.79. The lowest BCUT2D eigenvalue weighted by atomic mass is 10.1. The SMILES string of the molecule is O=C(N/N=C\c1ccc(O)cc1)c1cc(-c2ccc(OCc3ccccc3Cl)cc2)n[nH]1. The van der Waals surface area contributed by atoms with E-state index in [4.69, 9.17) is 16.3 Å². The molecule has 3 N–H and O–H groups in total. The van der Waals surface area contributed by atoms with Gasteiger partial charge in [0, 0.05) is 16.1 Å². The number of halogens is 1. The Hall–Kier alpha value is -4.10. The summed E-state index contributed by atoms with van der Waals surface area (Å²) in [5.41, 5.74) is 5.82. The van der Waals surface area contributed by atoms with Crippen molar-refractivity contribution in [1.29, 1.82) is 0 Å². The number of aromatic amines is 1. The van der Waals surface area contributed by atoms with E-state index in [1.54, 1.807) is 18.2 Å². The maximum Gasteiger partial charge on any atom is 0.289 e. The molecule has 8 heteroatoms. The van der Waals surface area contributed by atoms with Gasteiger partial charge in [-0.05, 0) is 66.2 Å². The van der Waals surface area contributed by atoms with Crippen molar-refractivity contribution in [3.05, 3.63) is 101 Å². The Kier molecular flexibility index (Phi) is 6.48. The molecule has 1 heterocycles. The first kappa shape index (κ1) is 21.1. The van der Waals surface area contributed by atoms with Crippen LogP contribution in [0.1, 0.15) is 21.6 Å². The predicted molar refractivity (Wildman–Crippen MR) is 123 cm³/mol. The van der Waals surface area contributed by atoms with Gasteiger partial charge in [0.1, 0.15) is 23.8 Å². The van der Waals surface area contributed by atoms with Gasteiger partial charge >= 0.3 is 0 Å². The molecule has 0 aliphatic rings. The number of aromatic hydroxyl groups is 1. The molecule has 0 bridgehead atoms. The van der Waals surface area contributed by atoms with Crippen LogP contribution < -0.4 is 10.2 Å². The molecule has 1 aromatic heterocycles. The molecule has 1 amide bonds. The average molecular weight is 447 g/mol. The number of carbonyl (C=O) groups excluding carboxylic acids is 1. The number of benzene rings is 3. The highest BCUT2D eigenvalue weighted by Gasteiger charge is 2.10. The first-order chi connectivity index (χ1) is 15.6. The molecule has 0 unspecified atom stereocenters. The van der Waals surface area contributed by atoms with Crippen LogP contribution in [-0.2, 0) is 6.61 Å². The molecule has 4 rings (SSSR count). The number of aromatic nitrogens is 2. The first-order valence-corrected chi connectivity index (χ1v) is 10.1. The maximum atomic E-state index is 12.3. The van der Waals surface area contributed by atoms with E-state index in [9.17, 15) is 9.90 Å². The van der Waals surface area contributed by atoms with Crippen LogP contribution in [0.15, 0.2) is 84.0 Å². The van der Waals surface area contributed by atoms with Crippen molar-refractivity contribution in [2.75, 3.05) is 0 Å². The Labute approximate surface area is 189 Å². The number of rotatable bonds is 7. The van der Waals surface area contributed by atoms with Gasteiger partial charge in [0.2, 0.25) is 0 Å². The van der Waals surface area contributed by atoms with E-state index in [1.807, 2.05) is 48.5 Å². The van der Waals surface area contributed by atoms with Gasteiger partial charge in [0.25, 0.3) is 5.91 Å². The molecule has 0 saturated carbocycles. The summed E-state index contributed by atoms with van der Waals surface area (Å²) in [6, 6.07) is 23.0. The summed E-state index contributed by atoms with van der Waals surface area (Å²) in [6.07, 6.45) is 1.48. The van der Waals surface area contributed by atoms with Crippen molar-refractivity contribution in [1.82, 2.24) is 15.6 Å². The largest absolute Gasteiger partial charge is 0.508 e. The lowest BCUT2D eigenvalue weighted by molar-refractivity contribution is 0.0950. The molecule has 32 heavy (non-hydrogen) atoms. The molecule has 7 nitrogen and oxygen atoms in total. The first-order valence-electron chi connectivity index (χ1n) is 9.73. The summed E-state index contributed by atoms with van der Waals surface area (Å²) in [5, 5.41) is 20.8. The normalized spacial score (nSPS) is 10.9. The fourth-order valence-electron chi connectivity index (χ4n) is 2.87. The van der Waals surface area contributed by atoms with E-state index in [-0.39, 0.29) is 11.4 Å². The van der Waals surface area contributed by atoms with Crippen molar-refractivity contribution < 1.29 is 14.6 Å². The number of hydrogen-bond donors (Lipinski definition) is 3. The van der Waals surface area contributed by atoms with Gasteiger partial charge in [-0.15, -0.1) is 0 Å². The molecule has 0 atom stereocenters. The Morgan fingerprint density at radius 2 is 1.84 bits per heavy atom. The van der Waals surface area contributed by atoms with Crippen molar-refractivity contribution in [3.63, 3.8) is 0 Å². The minimum atomic E-state index is -0.418. The lowest BCUT2D eigenvalue weighted by Crippen LogP contribution is -2.17. The number of hydrogen-bond acceptors (Lipinski definition) is 5. The highest BCUT2D eigenvalue weighted by molar-refractivity contribution is 6.31. The zero-order valence-corrected chi connectivity index (χ0v) is 17.6. The van der Waals surface area contributed by atoms with Gasteiger partial charge in [-0.2, -0.15) is 10.2 Å². The van der Waals surface area contributed by atoms with Crippen LogP contribution in [0.25, 0.3) is 11.3 Å². The summed E-state index contributed by atoms with van der Waals surface area (Å²) in [7, 11) is 0. The smallest absolute Gasteiger partial charge is 0.289 e. The Morgan fingerprint density at radius 1 is 1.09 bits per heavy atom. The van der Waals surface area contributed by atoms with E-state index in [1.165, 1.54) is 18.3 Å². The molecule has 4 aromatic rings. The van der Waals surface area contributed by atoms with E-state index >= 15 is 0 Å². The monoisotopic (exact) mass is 446 g/mol. The summed E-state index contributed by atoms with van der Waals surface area (Å²) in [6.45, 7) is 0.371. The summed E-state index contributed by atoms with van der Waals surface area (Å²) >= 11 is 6.15. The molecule has 0 aliphatic heterocycles. The number of ether oxygens (including phenoxy) is 1. The number of H-pyrrole nitrogens is 1. The van der Waals surface area contributed by atoms with Crippen molar-refractivity contribution in [2.24, 2.45) is 5.10 Å². The molecule has 0 fully saturated rings. The molecular weight excluding hydrogens is 428 g/mol. The molecule has 0 spiro atoms. The van der Waals surface area contributed by atoms with E-state index < -0.39 is 5.91 Å². The van der Waals surface area contributed by atoms with Crippen LogP contribution in [0, 0.1) is 0 Å². The summed E-state index contributed by atoms with van der Waals surface area (Å²) in [4.78, 5) is 12.3. The van der Waals surface area contributed by atoms with Crippen molar-refractivity contribution in [3.8, 4) is 22.8 Å². The second-order valence-corrected chi connectivity index (χ2v) is 7.27. The fraction of sp³-hybridized carbons (Fsp3) is 0.0417. The topological polar surface area (TPSA) is 99.6 Å².